The lowest BCUT2D eigenvalue weighted by Crippen LogP contribution is -2.04. The molecule has 0 aliphatic carbocycles. The molecule has 4 nitrogen and oxygen atoms in total. The van der Waals surface area contributed by atoms with Gasteiger partial charge in [0.15, 0.2) is 5.82 Å². The first-order valence-electron chi connectivity index (χ1n) is 6.68. The Kier molecular flexibility index (Phi) is 4.96. The van der Waals surface area contributed by atoms with Crippen molar-refractivity contribution in [3.8, 4) is 0 Å². The highest BCUT2D eigenvalue weighted by atomic mass is 32.2. The number of tetrazole rings is 1. The number of aromatic nitrogens is 4. The number of thioether (sulfide) groups is 1. The fourth-order valence-electron chi connectivity index (χ4n) is 1.81. The molecule has 0 bridgehead atoms. The lowest BCUT2D eigenvalue weighted by atomic mass is 10.0. The first kappa shape index (κ1) is 14.1. The average molecular weight is 276 g/mol. The van der Waals surface area contributed by atoms with Crippen LogP contribution in [0.2, 0.25) is 0 Å². The van der Waals surface area contributed by atoms with E-state index in [1.54, 1.807) is 11.8 Å². The minimum Gasteiger partial charge on any atom is -0.229 e. The van der Waals surface area contributed by atoms with Gasteiger partial charge < -0.3 is 0 Å². The topological polar surface area (TPSA) is 43.6 Å². The molecule has 0 saturated heterocycles. The Labute approximate surface area is 118 Å². The highest BCUT2D eigenvalue weighted by Crippen LogP contribution is 2.24. The zero-order valence-electron chi connectivity index (χ0n) is 11.7. The molecule has 0 radical (unpaired) electrons. The van der Waals surface area contributed by atoms with E-state index >= 15 is 0 Å². The van der Waals surface area contributed by atoms with Gasteiger partial charge in [-0.05, 0) is 40.5 Å². The normalized spacial score (nSPS) is 11.2. The van der Waals surface area contributed by atoms with Gasteiger partial charge in [-0.1, -0.05) is 32.9 Å². The molecule has 0 fully saturated rings. The van der Waals surface area contributed by atoms with E-state index < -0.39 is 0 Å². The monoisotopic (exact) mass is 276 g/mol. The summed E-state index contributed by atoms with van der Waals surface area (Å²) in [6.07, 6.45) is 1.05. The standard InChI is InChI=1S/C14H20N4S/c1-4-9-18-14(15-16-17-18)10-19-13-7-5-12(6-8-13)11(2)3/h5-8,11H,4,9-10H2,1-3H3. The molecule has 0 unspecified atom stereocenters. The second kappa shape index (κ2) is 6.70. The van der Waals surface area contributed by atoms with Crippen molar-refractivity contribution in [2.75, 3.05) is 0 Å². The third kappa shape index (κ3) is 3.80. The van der Waals surface area contributed by atoms with Gasteiger partial charge in [-0.3, -0.25) is 0 Å². The van der Waals surface area contributed by atoms with Crippen LogP contribution in [0.15, 0.2) is 29.2 Å². The van der Waals surface area contributed by atoms with E-state index in [1.807, 2.05) is 4.68 Å². The van der Waals surface area contributed by atoms with Crippen molar-refractivity contribution < 1.29 is 0 Å². The quantitative estimate of drug-likeness (QED) is 0.757. The van der Waals surface area contributed by atoms with Crippen LogP contribution in [0.25, 0.3) is 0 Å². The molecule has 102 valence electrons. The molecule has 0 aliphatic heterocycles. The van der Waals surface area contributed by atoms with E-state index in [0.717, 1.165) is 24.5 Å². The molecule has 0 aliphatic rings. The molecule has 2 aromatic rings. The van der Waals surface area contributed by atoms with Crippen LogP contribution >= 0.6 is 11.8 Å². The molecular formula is C14H20N4S. The molecule has 0 atom stereocenters. The third-order valence-corrected chi connectivity index (χ3v) is 3.96. The number of rotatable bonds is 6. The molecule has 2 rings (SSSR count). The van der Waals surface area contributed by atoms with Gasteiger partial charge in [0.05, 0.1) is 5.75 Å². The molecule has 1 aromatic carbocycles. The third-order valence-electron chi connectivity index (χ3n) is 2.96. The number of hydrogen-bond donors (Lipinski definition) is 0. The molecule has 5 heteroatoms. The van der Waals surface area contributed by atoms with E-state index in [0.29, 0.717) is 5.92 Å². The maximum Gasteiger partial charge on any atom is 0.161 e. The summed E-state index contributed by atoms with van der Waals surface area (Å²) >= 11 is 1.78. The lowest BCUT2D eigenvalue weighted by molar-refractivity contribution is 0.564. The Bertz CT molecular complexity index is 504. The highest BCUT2D eigenvalue weighted by molar-refractivity contribution is 7.98. The van der Waals surface area contributed by atoms with Crippen LogP contribution in [0, 0.1) is 0 Å². The predicted molar refractivity (Wildman–Crippen MR) is 78.2 cm³/mol. The van der Waals surface area contributed by atoms with Crippen LogP contribution in [0.1, 0.15) is 44.5 Å². The van der Waals surface area contributed by atoms with E-state index in [1.165, 1.54) is 10.5 Å². The van der Waals surface area contributed by atoms with Gasteiger partial charge in [-0.2, -0.15) is 0 Å². The van der Waals surface area contributed by atoms with Gasteiger partial charge in [0.2, 0.25) is 0 Å². The summed E-state index contributed by atoms with van der Waals surface area (Å²) in [6.45, 7) is 7.43. The lowest BCUT2D eigenvalue weighted by Gasteiger charge is -2.06. The van der Waals surface area contributed by atoms with Crippen LogP contribution < -0.4 is 0 Å². The molecule has 0 N–H and O–H groups in total. The van der Waals surface area contributed by atoms with Crippen LogP contribution in [0.5, 0.6) is 0 Å². The zero-order valence-corrected chi connectivity index (χ0v) is 12.5. The second-order valence-corrected chi connectivity index (χ2v) is 5.88. The summed E-state index contributed by atoms with van der Waals surface area (Å²) < 4.78 is 1.88. The Morgan fingerprint density at radius 1 is 1.21 bits per heavy atom. The summed E-state index contributed by atoms with van der Waals surface area (Å²) in [5.41, 5.74) is 1.38. The fourth-order valence-corrected chi connectivity index (χ4v) is 2.64. The maximum absolute atomic E-state index is 4.08. The Morgan fingerprint density at radius 2 is 1.95 bits per heavy atom. The van der Waals surface area contributed by atoms with Gasteiger partial charge in [0.25, 0.3) is 0 Å². The first-order chi connectivity index (χ1) is 9.20. The van der Waals surface area contributed by atoms with E-state index in [-0.39, 0.29) is 0 Å². The molecule has 1 heterocycles. The number of benzene rings is 1. The SMILES string of the molecule is CCCn1nnnc1CSc1ccc(C(C)C)cc1. The summed E-state index contributed by atoms with van der Waals surface area (Å²) in [6, 6.07) is 8.74. The Morgan fingerprint density at radius 3 is 2.58 bits per heavy atom. The van der Waals surface area contributed by atoms with Crippen molar-refractivity contribution in [1.29, 1.82) is 0 Å². The largest absolute Gasteiger partial charge is 0.229 e. The number of nitrogens with zero attached hydrogens (tertiary/aromatic N) is 4. The summed E-state index contributed by atoms with van der Waals surface area (Å²) in [4.78, 5) is 1.26. The van der Waals surface area contributed by atoms with Crippen molar-refractivity contribution in [2.45, 2.75) is 50.3 Å². The molecule has 0 amide bonds. The van der Waals surface area contributed by atoms with Crippen LogP contribution in [0.4, 0.5) is 0 Å². The van der Waals surface area contributed by atoms with Gasteiger partial charge >= 0.3 is 0 Å². The minimum atomic E-state index is 0.580. The predicted octanol–water partition coefficient (Wildman–Crippen LogP) is 3.50. The van der Waals surface area contributed by atoms with Gasteiger partial charge in [-0.25, -0.2) is 4.68 Å². The second-order valence-electron chi connectivity index (χ2n) is 4.83. The van der Waals surface area contributed by atoms with E-state index in [9.17, 15) is 0 Å². The minimum absolute atomic E-state index is 0.580. The van der Waals surface area contributed by atoms with Crippen molar-refractivity contribution in [2.24, 2.45) is 0 Å². The summed E-state index contributed by atoms with van der Waals surface area (Å²) in [7, 11) is 0. The smallest absolute Gasteiger partial charge is 0.161 e. The summed E-state index contributed by atoms with van der Waals surface area (Å²) in [5, 5.41) is 11.8. The molecule has 0 spiro atoms. The molecule has 0 saturated carbocycles. The van der Waals surface area contributed by atoms with Gasteiger partial charge in [-0.15, -0.1) is 16.9 Å². The molecule has 1 aromatic heterocycles. The van der Waals surface area contributed by atoms with Crippen molar-refractivity contribution in [1.82, 2.24) is 20.2 Å². The van der Waals surface area contributed by atoms with Crippen LogP contribution in [-0.2, 0) is 12.3 Å². The first-order valence-corrected chi connectivity index (χ1v) is 7.67. The Balaban J connectivity index is 1.96. The van der Waals surface area contributed by atoms with E-state index in [4.69, 9.17) is 0 Å². The zero-order chi connectivity index (χ0) is 13.7. The molecule has 19 heavy (non-hydrogen) atoms. The number of aryl methyl sites for hydroxylation is 1. The molecular weight excluding hydrogens is 256 g/mol. The average Bonchev–Trinajstić information content (AvgIpc) is 2.85. The van der Waals surface area contributed by atoms with E-state index in [2.05, 4.69) is 60.6 Å². The Hall–Kier alpha value is -1.36. The van der Waals surface area contributed by atoms with Gasteiger partial charge in [0.1, 0.15) is 0 Å². The van der Waals surface area contributed by atoms with Crippen LogP contribution in [0.3, 0.4) is 0 Å². The maximum atomic E-state index is 4.08. The van der Waals surface area contributed by atoms with Gasteiger partial charge in [0, 0.05) is 11.4 Å². The number of hydrogen-bond acceptors (Lipinski definition) is 4. The van der Waals surface area contributed by atoms with Crippen molar-refractivity contribution >= 4 is 11.8 Å². The van der Waals surface area contributed by atoms with Crippen LogP contribution in [-0.4, -0.2) is 20.2 Å². The highest BCUT2D eigenvalue weighted by Gasteiger charge is 2.06. The summed E-state index contributed by atoms with van der Waals surface area (Å²) in [5.74, 6) is 2.34. The fraction of sp³-hybridized carbons (Fsp3) is 0.500. The van der Waals surface area contributed by atoms with Crippen molar-refractivity contribution in [3.05, 3.63) is 35.7 Å². The van der Waals surface area contributed by atoms with Crippen molar-refractivity contribution in [3.63, 3.8) is 0 Å².